The maximum absolute atomic E-state index is 4.66. The van der Waals surface area contributed by atoms with Gasteiger partial charge < -0.3 is 5.32 Å². The Labute approximate surface area is 113 Å². The highest BCUT2D eigenvalue weighted by Gasteiger charge is 2.08. The predicted molar refractivity (Wildman–Crippen MR) is 80.1 cm³/mol. The Balaban J connectivity index is 1.95. The van der Waals surface area contributed by atoms with Gasteiger partial charge in [-0.3, -0.25) is 0 Å². The highest BCUT2D eigenvalue weighted by atomic mass is 32.1. The van der Waals surface area contributed by atoms with E-state index < -0.39 is 0 Å². The number of fused-ring (bicyclic) bond motifs is 1. The van der Waals surface area contributed by atoms with E-state index >= 15 is 0 Å². The van der Waals surface area contributed by atoms with Gasteiger partial charge >= 0.3 is 0 Å². The molecular formula is C15H22N2S. The van der Waals surface area contributed by atoms with Crippen LogP contribution in [0.3, 0.4) is 0 Å². The third kappa shape index (κ3) is 3.53. The van der Waals surface area contributed by atoms with Gasteiger partial charge in [-0.05, 0) is 25.0 Å². The van der Waals surface area contributed by atoms with Crippen molar-refractivity contribution >= 4 is 21.6 Å². The Morgan fingerprint density at radius 2 is 1.89 bits per heavy atom. The standard InChI is InChI=1S/C15H22N2S/c1-3-7-12(8-4-2)16-11-15-17-13-9-5-6-10-14(13)18-15/h5-6,9-10,12,16H,3-4,7-8,11H2,1-2H3. The van der Waals surface area contributed by atoms with Crippen LogP contribution in [-0.4, -0.2) is 11.0 Å². The molecule has 1 heterocycles. The number of para-hydroxylation sites is 1. The van der Waals surface area contributed by atoms with E-state index in [1.54, 1.807) is 11.3 Å². The number of rotatable bonds is 7. The highest BCUT2D eigenvalue weighted by molar-refractivity contribution is 7.18. The topological polar surface area (TPSA) is 24.9 Å². The molecule has 0 bridgehead atoms. The minimum absolute atomic E-state index is 0.645. The number of aromatic nitrogens is 1. The summed E-state index contributed by atoms with van der Waals surface area (Å²) < 4.78 is 1.29. The quantitative estimate of drug-likeness (QED) is 0.802. The zero-order chi connectivity index (χ0) is 12.8. The summed E-state index contributed by atoms with van der Waals surface area (Å²) >= 11 is 1.80. The number of nitrogens with zero attached hydrogens (tertiary/aromatic N) is 1. The number of thiazole rings is 1. The van der Waals surface area contributed by atoms with Gasteiger partial charge in [0.15, 0.2) is 0 Å². The molecule has 98 valence electrons. The first-order valence-electron chi connectivity index (χ1n) is 6.91. The molecule has 3 heteroatoms. The summed E-state index contributed by atoms with van der Waals surface area (Å²) in [7, 11) is 0. The van der Waals surface area contributed by atoms with Crippen LogP contribution in [0, 0.1) is 0 Å². The van der Waals surface area contributed by atoms with Crippen LogP contribution in [0.2, 0.25) is 0 Å². The first kappa shape index (κ1) is 13.5. The third-order valence-corrected chi connectivity index (χ3v) is 4.19. The van der Waals surface area contributed by atoms with Crippen LogP contribution in [-0.2, 0) is 6.54 Å². The van der Waals surface area contributed by atoms with E-state index in [0.29, 0.717) is 6.04 Å². The molecule has 1 aromatic heterocycles. The molecule has 1 aromatic carbocycles. The van der Waals surface area contributed by atoms with E-state index in [1.165, 1.54) is 35.4 Å². The Kier molecular flexibility index (Phi) is 5.14. The average Bonchev–Trinajstić information content (AvgIpc) is 2.79. The summed E-state index contributed by atoms with van der Waals surface area (Å²) in [6.07, 6.45) is 5.02. The normalized spacial score (nSPS) is 11.5. The second-order valence-electron chi connectivity index (χ2n) is 4.73. The van der Waals surface area contributed by atoms with Crippen molar-refractivity contribution in [2.45, 2.75) is 52.1 Å². The lowest BCUT2D eigenvalue weighted by Crippen LogP contribution is -2.28. The summed E-state index contributed by atoms with van der Waals surface area (Å²) in [5, 5.41) is 4.85. The first-order valence-corrected chi connectivity index (χ1v) is 7.73. The summed E-state index contributed by atoms with van der Waals surface area (Å²) in [6, 6.07) is 9.01. The van der Waals surface area contributed by atoms with Crippen LogP contribution in [0.1, 0.15) is 44.5 Å². The van der Waals surface area contributed by atoms with E-state index in [0.717, 1.165) is 12.1 Å². The molecule has 0 amide bonds. The maximum Gasteiger partial charge on any atom is 0.108 e. The molecule has 1 N–H and O–H groups in total. The molecule has 0 radical (unpaired) electrons. The van der Waals surface area contributed by atoms with Crippen molar-refractivity contribution in [2.24, 2.45) is 0 Å². The van der Waals surface area contributed by atoms with Gasteiger partial charge in [-0.2, -0.15) is 0 Å². The molecule has 0 saturated heterocycles. The second-order valence-corrected chi connectivity index (χ2v) is 5.85. The van der Waals surface area contributed by atoms with Gasteiger partial charge in [0, 0.05) is 12.6 Å². The van der Waals surface area contributed by atoms with Crippen LogP contribution >= 0.6 is 11.3 Å². The summed E-state index contributed by atoms with van der Waals surface area (Å²) in [4.78, 5) is 4.66. The summed E-state index contributed by atoms with van der Waals surface area (Å²) in [6.45, 7) is 5.41. The third-order valence-electron chi connectivity index (χ3n) is 3.15. The SMILES string of the molecule is CCCC(CCC)NCc1nc2ccccc2s1. The zero-order valence-corrected chi connectivity index (χ0v) is 12.1. The Morgan fingerprint density at radius 3 is 2.56 bits per heavy atom. The number of hydrogen-bond acceptors (Lipinski definition) is 3. The lowest BCUT2D eigenvalue weighted by atomic mass is 10.1. The molecule has 0 aliphatic heterocycles. The largest absolute Gasteiger partial charge is 0.308 e. The van der Waals surface area contributed by atoms with E-state index in [4.69, 9.17) is 0 Å². The van der Waals surface area contributed by atoms with Gasteiger partial charge in [0.2, 0.25) is 0 Å². The van der Waals surface area contributed by atoms with Crippen LogP contribution in [0.15, 0.2) is 24.3 Å². The van der Waals surface area contributed by atoms with Gasteiger partial charge in [0.05, 0.1) is 10.2 Å². The van der Waals surface area contributed by atoms with Crippen molar-refractivity contribution in [1.82, 2.24) is 10.3 Å². The fraction of sp³-hybridized carbons (Fsp3) is 0.533. The number of nitrogens with one attached hydrogen (secondary N) is 1. The molecule has 2 rings (SSSR count). The maximum atomic E-state index is 4.66. The van der Waals surface area contributed by atoms with Crippen LogP contribution < -0.4 is 5.32 Å². The van der Waals surface area contributed by atoms with E-state index in [-0.39, 0.29) is 0 Å². The molecule has 0 fully saturated rings. The minimum Gasteiger partial charge on any atom is -0.308 e. The van der Waals surface area contributed by atoms with Crippen molar-refractivity contribution < 1.29 is 0 Å². The highest BCUT2D eigenvalue weighted by Crippen LogP contribution is 2.21. The van der Waals surface area contributed by atoms with Crippen LogP contribution in [0.4, 0.5) is 0 Å². The lowest BCUT2D eigenvalue weighted by molar-refractivity contribution is 0.443. The fourth-order valence-corrected chi connectivity index (χ4v) is 3.19. The van der Waals surface area contributed by atoms with Crippen molar-refractivity contribution in [1.29, 1.82) is 0 Å². The average molecular weight is 262 g/mol. The molecular weight excluding hydrogens is 240 g/mol. The lowest BCUT2D eigenvalue weighted by Gasteiger charge is -2.16. The summed E-state index contributed by atoms with van der Waals surface area (Å²) in [5.74, 6) is 0. The van der Waals surface area contributed by atoms with E-state index in [1.807, 2.05) is 0 Å². The number of benzene rings is 1. The van der Waals surface area contributed by atoms with Gasteiger partial charge in [0.1, 0.15) is 5.01 Å². The fourth-order valence-electron chi connectivity index (χ4n) is 2.27. The molecule has 18 heavy (non-hydrogen) atoms. The van der Waals surface area contributed by atoms with Gasteiger partial charge in [-0.25, -0.2) is 4.98 Å². The molecule has 0 unspecified atom stereocenters. The Morgan fingerprint density at radius 1 is 1.17 bits per heavy atom. The van der Waals surface area contributed by atoms with Gasteiger partial charge in [-0.1, -0.05) is 38.8 Å². The van der Waals surface area contributed by atoms with Crippen LogP contribution in [0.25, 0.3) is 10.2 Å². The van der Waals surface area contributed by atoms with Crippen LogP contribution in [0.5, 0.6) is 0 Å². The van der Waals surface area contributed by atoms with Gasteiger partial charge in [0.25, 0.3) is 0 Å². The number of hydrogen-bond donors (Lipinski definition) is 1. The molecule has 0 aliphatic rings. The first-order chi connectivity index (χ1) is 8.83. The Hall–Kier alpha value is -0.930. The zero-order valence-electron chi connectivity index (χ0n) is 11.3. The van der Waals surface area contributed by atoms with Gasteiger partial charge in [-0.15, -0.1) is 11.3 Å². The second kappa shape index (κ2) is 6.86. The predicted octanol–water partition coefficient (Wildman–Crippen LogP) is 4.35. The van der Waals surface area contributed by atoms with Crippen molar-refractivity contribution in [2.75, 3.05) is 0 Å². The monoisotopic (exact) mass is 262 g/mol. The van der Waals surface area contributed by atoms with E-state index in [2.05, 4.69) is 48.4 Å². The molecule has 2 aromatic rings. The Bertz CT molecular complexity index is 439. The van der Waals surface area contributed by atoms with Crippen molar-refractivity contribution in [3.05, 3.63) is 29.3 Å². The minimum atomic E-state index is 0.645. The molecule has 0 aliphatic carbocycles. The van der Waals surface area contributed by atoms with Crippen molar-refractivity contribution in [3.8, 4) is 0 Å². The van der Waals surface area contributed by atoms with E-state index in [9.17, 15) is 0 Å². The smallest absolute Gasteiger partial charge is 0.108 e. The molecule has 0 spiro atoms. The molecule has 0 atom stereocenters. The van der Waals surface area contributed by atoms with Crippen molar-refractivity contribution in [3.63, 3.8) is 0 Å². The molecule has 2 nitrogen and oxygen atoms in total. The summed E-state index contributed by atoms with van der Waals surface area (Å²) in [5.41, 5.74) is 1.13. The molecule has 0 saturated carbocycles.